The minimum absolute atomic E-state index is 0.0641. The first kappa shape index (κ1) is 17.7. The predicted octanol–water partition coefficient (Wildman–Crippen LogP) is 2.17. The number of carbonyl (C=O) groups is 1. The first-order valence-electron chi connectivity index (χ1n) is 7.99. The van der Waals surface area contributed by atoms with Crippen LogP contribution in [-0.2, 0) is 22.4 Å². The zero-order chi connectivity index (χ0) is 17.5. The topological polar surface area (TPSA) is 81.3 Å². The van der Waals surface area contributed by atoms with Crippen LogP contribution in [0, 0.1) is 6.92 Å². The average Bonchev–Trinajstić information content (AvgIpc) is 2.53. The summed E-state index contributed by atoms with van der Waals surface area (Å²) in [7, 11) is 0. The van der Waals surface area contributed by atoms with E-state index in [0.29, 0.717) is 36.7 Å². The first-order valence-corrected chi connectivity index (χ1v) is 7.99. The van der Waals surface area contributed by atoms with Crippen molar-refractivity contribution in [2.24, 2.45) is 0 Å². The van der Waals surface area contributed by atoms with Crippen LogP contribution in [0.15, 0.2) is 29.1 Å². The van der Waals surface area contributed by atoms with Crippen LogP contribution >= 0.6 is 0 Å². The monoisotopic (exact) mass is 330 g/mol. The van der Waals surface area contributed by atoms with Crippen molar-refractivity contribution >= 4 is 5.97 Å². The summed E-state index contributed by atoms with van der Waals surface area (Å²) in [6.45, 7) is 6.30. The highest BCUT2D eigenvalue weighted by molar-refractivity contribution is 5.72. The zero-order valence-corrected chi connectivity index (χ0v) is 14.2. The van der Waals surface area contributed by atoms with E-state index in [4.69, 9.17) is 9.47 Å². The van der Waals surface area contributed by atoms with Gasteiger partial charge < -0.3 is 14.5 Å². The van der Waals surface area contributed by atoms with Crippen molar-refractivity contribution in [2.45, 2.75) is 33.6 Å². The number of aromatic nitrogens is 2. The smallest absolute Gasteiger partial charge is 0.310 e. The standard InChI is InChI=1S/C18H22N2O4/c1-4-23-14-8-6-13(7-9-14)10-16-19-12(3)15(18(22)20-16)11-17(21)24-5-2/h6-9H,4-5,10-11H2,1-3H3,(H,19,20,22). The molecule has 2 aromatic rings. The molecule has 0 spiro atoms. The van der Waals surface area contributed by atoms with Gasteiger partial charge in [0.1, 0.15) is 11.6 Å². The third-order valence-electron chi connectivity index (χ3n) is 3.50. The SMILES string of the molecule is CCOC(=O)Cc1c(C)nc(Cc2ccc(OCC)cc2)[nH]c1=O. The molecule has 0 saturated heterocycles. The Morgan fingerprint density at radius 1 is 1.17 bits per heavy atom. The number of nitrogens with zero attached hydrogens (tertiary/aromatic N) is 1. The highest BCUT2D eigenvalue weighted by Crippen LogP contribution is 2.14. The number of rotatable bonds is 7. The summed E-state index contributed by atoms with van der Waals surface area (Å²) in [6, 6.07) is 7.65. The van der Waals surface area contributed by atoms with E-state index in [0.717, 1.165) is 11.3 Å². The van der Waals surface area contributed by atoms with Gasteiger partial charge in [-0.1, -0.05) is 12.1 Å². The predicted molar refractivity (Wildman–Crippen MR) is 90.3 cm³/mol. The molecule has 6 nitrogen and oxygen atoms in total. The summed E-state index contributed by atoms with van der Waals surface area (Å²) in [4.78, 5) is 30.9. The lowest BCUT2D eigenvalue weighted by atomic mass is 10.1. The van der Waals surface area contributed by atoms with Crippen molar-refractivity contribution in [1.29, 1.82) is 0 Å². The maximum Gasteiger partial charge on any atom is 0.310 e. The van der Waals surface area contributed by atoms with Gasteiger partial charge in [0.05, 0.1) is 19.6 Å². The first-order chi connectivity index (χ1) is 11.5. The van der Waals surface area contributed by atoms with E-state index in [9.17, 15) is 9.59 Å². The maximum absolute atomic E-state index is 12.2. The van der Waals surface area contributed by atoms with Crippen LogP contribution < -0.4 is 10.3 Å². The molecule has 1 aromatic heterocycles. The average molecular weight is 330 g/mol. The molecule has 1 N–H and O–H groups in total. The van der Waals surface area contributed by atoms with Gasteiger partial charge in [0.25, 0.3) is 5.56 Å². The highest BCUT2D eigenvalue weighted by Gasteiger charge is 2.13. The van der Waals surface area contributed by atoms with Crippen LogP contribution in [0.25, 0.3) is 0 Å². The molecule has 0 aliphatic rings. The second-order valence-electron chi connectivity index (χ2n) is 5.31. The van der Waals surface area contributed by atoms with Crippen LogP contribution in [0.3, 0.4) is 0 Å². The second-order valence-corrected chi connectivity index (χ2v) is 5.31. The quantitative estimate of drug-likeness (QED) is 0.787. The van der Waals surface area contributed by atoms with E-state index in [1.165, 1.54) is 0 Å². The van der Waals surface area contributed by atoms with Crippen molar-refractivity contribution in [3.63, 3.8) is 0 Å². The number of hydrogen-bond donors (Lipinski definition) is 1. The summed E-state index contributed by atoms with van der Waals surface area (Å²) in [5.74, 6) is 0.949. The van der Waals surface area contributed by atoms with Gasteiger partial charge in [0.2, 0.25) is 0 Å². The van der Waals surface area contributed by atoms with E-state index < -0.39 is 5.97 Å². The lowest BCUT2D eigenvalue weighted by molar-refractivity contribution is -0.142. The Labute approximate surface area is 140 Å². The molecular weight excluding hydrogens is 308 g/mol. The van der Waals surface area contributed by atoms with E-state index in [-0.39, 0.29) is 12.0 Å². The van der Waals surface area contributed by atoms with Gasteiger partial charge in [-0.15, -0.1) is 0 Å². The summed E-state index contributed by atoms with van der Waals surface area (Å²) >= 11 is 0. The minimum Gasteiger partial charge on any atom is -0.494 e. The fraction of sp³-hybridized carbons (Fsp3) is 0.389. The molecule has 0 bridgehead atoms. The van der Waals surface area contributed by atoms with Gasteiger partial charge >= 0.3 is 5.97 Å². The van der Waals surface area contributed by atoms with Crippen molar-refractivity contribution in [1.82, 2.24) is 9.97 Å². The third-order valence-corrected chi connectivity index (χ3v) is 3.50. The second kappa shape index (κ2) is 8.29. The van der Waals surface area contributed by atoms with Gasteiger partial charge in [0, 0.05) is 17.7 Å². The minimum atomic E-state index is -0.424. The zero-order valence-electron chi connectivity index (χ0n) is 14.2. The molecule has 128 valence electrons. The maximum atomic E-state index is 12.2. The Balaban J connectivity index is 2.14. The van der Waals surface area contributed by atoms with Crippen molar-refractivity contribution in [2.75, 3.05) is 13.2 Å². The molecule has 1 aromatic carbocycles. The summed E-state index contributed by atoms with van der Waals surface area (Å²) < 4.78 is 10.3. The summed E-state index contributed by atoms with van der Waals surface area (Å²) in [5, 5.41) is 0. The number of nitrogens with one attached hydrogen (secondary N) is 1. The molecule has 0 atom stereocenters. The number of aromatic amines is 1. The number of ether oxygens (including phenoxy) is 2. The van der Waals surface area contributed by atoms with Crippen LogP contribution in [0.1, 0.15) is 36.5 Å². The fourth-order valence-electron chi connectivity index (χ4n) is 2.38. The van der Waals surface area contributed by atoms with Gasteiger partial charge in [0.15, 0.2) is 0 Å². The molecule has 24 heavy (non-hydrogen) atoms. The summed E-state index contributed by atoms with van der Waals surface area (Å²) in [5.41, 5.74) is 1.62. The Bertz CT molecular complexity index is 751. The van der Waals surface area contributed by atoms with Crippen LogP contribution in [0.4, 0.5) is 0 Å². The lowest BCUT2D eigenvalue weighted by Crippen LogP contribution is -2.22. The van der Waals surface area contributed by atoms with Crippen LogP contribution in [-0.4, -0.2) is 29.2 Å². The number of aryl methyl sites for hydroxylation is 1. The Hall–Kier alpha value is -2.63. The number of carbonyl (C=O) groups excluding carboxylic acids is 1. The third kappa shape index (κ3) is 4.68. The lowest BCUT2D eigenvalue weighted by Gasteiger charge is -2.08. The Morgan fingerprint density at radius 3 is 2.46 bits per heavy atom. The van der Waals surface area contributed by atoms with Crippen LogP contribution in [0.5, 0.6) is 5.75 Å². The number of benzene rings is 1. The molecule has 0 aliphatic carbocycles. The van der Waals surface area contributed by atoms with Gasteiger partial charge in [-0.2, -0.15) is 0 Å². The molecule has 1 heterocycles. The molecule has 0 fully saturated rings. The number of H-pyrrole nitrogens is 1. The van der Waals surface area contributed by atoms with Gasteiger partial charge in [-0.05, 0) is 38.5 Å². The van der Waals surface area contributed by atoms with Crippen molar-refractivity contribution in [3.05, 3.63) is 57.3 Å². The van der Waals surface area contributed by atoms with E-state index in [1.54, 1.807) is 13.8 Å². The molecule has 0 unspecified atom stereocenters. The molecule has 0 amide bonds. The molecule has 2 rings (SSSR count). The Kier molecular flexibility index (Phi) is 6.12. The molecule has 0 saturated carbocycles. The Morgan fingerprint density at radius 2 is 1.88 bits per heavy atom. The summed E-state index contributed by atoms with van der Waals surface area (Å²) in [6.07, 6.45) is 0.438. The van der Waals surface area contributed by atoms with Crippen LogP contribution in [0.2, 0.25) is 0 Å². The van der Waals surface area contributed by atoms with E-state index >= 15 is 0 Å². The highest BCUT2D eigenvalue weighted by atomic mass is 16.5. The van der Waals surface area contributed by atoms with Gasteiger partial charge in [-0.25, -0.2) is 4.98 Å². The van der Waals surface area contributed by atoms with Crippen molar-refractivity contribution < 1.29 is 14.3 Å². The molecule has 0 aliphatic heterocycles. The number of hydrogen-bond acceptors (Lipinski definition) is 5. The largest absolute Gasteiger partial charge is 0.494 e. The van der Waals surface area contributed by atoms with E-state index in [1.807, 2.05) is 31.2 Å². The van der Waals surface area contributed by atoms with Crippen molar-refractivity contribution in [3.8, 4) is 5.75 Å². The molecular formula is C18H22N2O4. The molecule has 0 radical (unpaired) electrons. The fourth-order valence-corrected chi connectivity index (χ4v) is 2.38. The number of esters is 1. The van der Waals surface area contributed by atoms with Gasteiger partial charge in [-0.3, -0.25) is 9.59 Å². The normalized spacial score (nSPS) is 10.5. The molecule has 6 heteroatoms. The van der Waals surface area contributed by atoms with E-state index in [2.05, 4.69) is 9.97 Å².